The highest BCUT2D eigenvalue weighted by Gasteiger charge is 2.30. The van der Waals surface area contributed by atoms with E-state index in [0.717, 1.165) is 24.4 Å². The van der Waals surface area contributed by atoms with Gasteiger partial charge in [0.05, 0.1) is 11.4 Å². The van der Waals surface area contributed by atoms with Crippen molar-refractivity contribution in [2.45, 2.75) is 23.9 Å². The van der Waals surface area contributed by atoms with Crippen LogP contribution in [0.5, 0.6) is 0 Å². The van der Waals surface area contributed by atoms with Crippen molar-refractivity contribution >= 4 is 23.7 Å². The fraction of sp³-hybridized carbons (Fsp3) is 0.286. The second-order valence-corrected chi connectivity index (χ2v) is 5.92. The number of nitrogens with zero attached hydrogens (tertiary/aromatic N) is 3. The normalized spacial score (nSPS) is 13.8. The first-order chi connectivity index (χ1) is 10.6. The molecule has 3 rings (SSSR count). The largest absolute Gasteiger partial charge is 0.351 e. The molecule has 0 spiro atoms. The maximum absolute atomic E-state index is 11.4. The van der Waals surface area contributed by atoms with Crippen LogP contribution >= 0.6 is 11.8 Å². The molecule has 7 nitrogen and oxygen atoms in total. The number of hydrogen-bond donors (Lipinski definition) is 2. The van der Waals surface area contributed by atoms with Gasteiger partial charge in [0.25, 0.3) is 0 Å². The number of rotatable bonds is 5. The number of nitrogens with one attached hydrogen (secondary N) is 1. The molecule has 0 radical (unpaired) electrons. The van der Waals surface area contributed by atoms with Crippen LogP contribution in [-0.2, 0) is 4.79 Å². The van der Waals surface area contributed by atoms with Crippen LogP contribution in [-0.4, -0.2) is 32.5 Å². The molecular formula is C14H15N5O2S. The van der Waals surface area contributed by atoms with Crippen LogP contribution in [0, 0.1) is 0 Å². The average molecular weight is 317 g/mol. The molecule has 0 aliphatic heterocycles. The van der Waals surface area contributed by atoms with Crippen LogP contribution < -0.4 is 11.1 Å². The molecule has 0 saturated heterocycles. The number of carbonyl (C=O) groups is 2. The quantitative estimate of drug-likeness (QED) is 0.812. The lowest BCUT2D eigenvalue weighted by atomic mass is 10.3. The van der Waals surface area contributed by atoms with Crippen molar-refractivity contribution < 1.29 is 9.59 Å². The number of urea groups is 1. The van der Waals surface area contributed by atoms with Gasteiger partial charge in [-0.15, -0.1) is 5.10 Å². The summed E-state index contributed by atoms with van der Waals surface area (Å²) in [6, 6.07) is 8.92. The zero-order chi connectivity index (χ0) is 15.5. The number of nitrogens with two attached hydrogens (primary N) is 1. The first-order valence-corrected chi connectivity index (χ1v) is 7.86. The number of carbonyl (C=O) groups excluding carboxylic acids is 2. The van der Waals surface area contributed by atoms with E-state index >= 15 is 0 Å². The third kappa shape index (κ3) is 3.45. The van der Waals surface area contributed by atoms with Crippen molar-refractivity contribution in [3.63, 3.8) is 0 Å². The number of imide groups is 1. The smallest absolute Gasteiger partial charge is 0.318 e. The predicted molar refractivity (Wildman–Crippen MR) is 81.8 cm³/mol. The highest BCUT2D eigenvalue weighted by molar-refractivity contribution is 7.99. The molecule has 1 aliphatic rings. The van der Waals surface area contributed by atoms with Crippen LogP contribution in [0.2, 0.25) is 0 Å². The van der Waals surface area contributed by atoms with E-state index in [1.54, 1.807) is 0 Å². The number of amides is 3. The molecule has 0 atom stereocenters. The third-order valence-electron chi connectivity index (χ3n) is 3.15. The molecule has 22 heavy (non-hydrogen) atoms. The van der Waals surface area contributed by atoms with Gasteiger partial charge in [0.1, 0.15) is 5.82 Å². The van der Waals surface area contributed by atoms with E-state index in [1.165, 1.54) is 11.8 Å². The fourth-order valence-electron chi connectivity index (χ4n) is 2.03. The van der Waals surface area contributed by atoms with Crippen molar-refractivity contribution in [2.24, 2.45) is 5.73 Å². The first kappa shape index (κ1) is 14.6. The van der Waals surface area contributed by atoms with Gasteiger partial charge in [-0.05, 0) is 25.0 Å². The Morgan fingerprint density at radius 2 is 2.05 bits per heavy atom. The lowest BCUT2D eigenvalue weighted by Crippen LogP contribution is -2.36. The maximum Gasteiger partial charge on any atom is 0.318 e. The van der Waals surface area contributed by atoms with Crippen LogP contribution in [0.25, 0.3) is 5.69 Å². The number of thioether (sulfide) groups is 1. The van der Waals surface area contributed by atoms with Crippen LogP contribution in [0.3, 0.4) is 0 Å². The lowest BCUT2D eigenvalue weighted by molar-refractivity contribution is -0.117. The standard InChI is InChI=1S/C14H15N5O2S/c15-13(21)16-11(20)8-22-14-17-12(9-6-7-9)19(18-14)10-4-2-1-3-5-10/h1-5,9H,6-8H2,(H3,15,16,20,21). The molecule has 3 amide bonds. The highest BCUT2D eigenvalue weighted by atomic mass is 32.2. The minimum Gasteiger partial charge on any atom is -0.351 e. The van der Waals surface area contributed by atoms with Crippen LogP contribution in [0.15, 0.2) is 35.5 Å². The topological polar surface area (TPSA) is 103 Å². The van der Waals surface area contributed by atoms with E-state index < -0.39 is 11.9 Å². The number of primary amides is 1. The van der Waals surface area contributed by atoms with Crippen LogP contribution in [0.4, 0.5) is 4.79 Å². The van der Waals surface area contributed by atoms with Crippen molar-refractivity contribution in [1.29, 1.82) is 0 Å². The van der Waals surface area contributed by atoms with Gasteiger partial charge in [-0.2, -0.15) is 0 Å². The first-order valence-electron chi connectivity index (χ1n) is 6.88. The summed E-state index contributed by atoms with van der Waals surface area (Å²) in [6.45, 7) is 0. The molecule has 0 bridgehead atoms. The molecule has 1 saturated carbocycles. The molecule has 0 unspecified atom stereocenters. The lowest BCUT2D eigenvalue weighted by Gasteiger charge is -2.03. The summed E-state index contributed by atoms with van der Waals surface area (Å²) in [6.07, 6.45) is 2.22. The molecule has 1 aromatic carbocycles. The number of hydrogen-bond acceptors (Lipinski definition) is 5. The van der Waals surface area contributed by atoms with Crippen molar-refractivity contribution in [3.8, 4) is 5.69 Å². The van der Waals surface area contributed by atoms with Crippen molar-refractivity contribution in [1.82, 2.24) is 20.1 Å². The zero-order valence-corrected chi connectivity index (χ0v) is 12.5. The van der Waals surface area contributed by atoms with Gasteiger partial charge in [-0.3, -0.25) is 10.1 Å². The second-order valence-electron chi connectivity index (χ2n) is 4.98. The van der Waals surface area contributed by atoms with E-state index in [4.69, 9.17) is 5.73 Å². The minimum absolute atomic E-state index is 0.0475. The SMILES string of the molecule is NC(=O)NC(=O)CSc1nc(C2CC2)n(-c2ccccc2)n1. The summed E-state index contributed by atoms with van der Waals surface area (Å²) < 4.78 is 1.83. The molecule has 114 valence electrons. The Bertz CT molecular complexity index is 697. The van der Waals surface area contributed by atoms with E-state index in [-0.39, 0.29) is 5.75 Å². The van der Waals surface area contributed by atoms with Gasteiger partial charge in [-0.1, -0.05) is 30.0 Å². The molecule has 1 fully saturated rings. The minimum atomic E-state index is -0.855. The molecule has 3 N–H and O–H groups in total. The molecule has 2 aromatic rings. The van der Waals surface area contributed by atoms with E-state index in [9.17, 15) is 9.59 Å². The monoisotopic (exact) mass is 317 g/mol. The summed E-state index contributed by atoms with van der Waals surface area (Å²) in [5, 5.41) is 7.00. The van der Waals surface area contributed by atoms with Crippen LogP contribution in [0.1, 0.15) is 24.6 Å². The van der Waals surface area contributed by atoms with Gasteiger partial charge in [0.15, 0.2) is 0 Å². The predicted octanol–water partition coefficient (Wildman–Crippen LogP) is 1.43. The van der Waals surface area contributed by atoms with E-state index in [2.05, 4.69) is 10.1 Å². The van der Waals surface area contributed by atoms with Gasteiger partial charge in [-0.25, -0.2) is 14.5 Å². The fourth-order valence-corrected chi connectivity index (χ4v) is 2.66. The summed E-state index contributed by atoms with van der Waals surface area (Å²) in [4.78, 5) is 26.6. The maximum atomic E-state index is 11.4. The van der Waals surface area contributed by atoms with E-state index in [0.29, 0.717) is 11.1 Å². The zero-order valence-electron chi connectivity index (χ0n) is 11.7. The van der Waals surface area contributed by atoms with Gasteiger partial charge < -0.3 is 5.73 Å². The summed E-state index contributed by atoms with van der Waals surface area (Å²) in [7, 11) is 0. The molecular weight excluding hydrogens is 302 g/mol. The Morgan fingerprint density at radius 3 is 2.68 bits per heavy atom. The van der Waals surface area contributed by atoms with Gasteiger partial charge in [0, 0.05) is 5.92 Å². The van der Waals surface area contributed by atoms with Gasteiger partial charge in [0.2, 0.25) is 11.1 Å². The number of para-hydroxylation sites is 1. The Hall–Kier alpha value is -2.35. The molecule has 1 heterocycles. The summed E-state index contributed by atoms with van der Waals surface area (Å²) >= 11 is 1.18. The van der Waals surface area contributed by atoms with Crippen molar-refractivity contribution in [2.75, 3.05) is 5.75 Å². The molecule has 8 heteroatoms. The summed E-state index contributed by atoms with van der Waals surface area (Å²) in [5.41, 5.74) is 5.85. The average Bonchev–Trinajstić information content (AvgIpc) is 3.25. The summed E-state index contributed by atoms with van der Waals surface area (Å²) in [5.74, 6) is 0.943. The Balaban J connectivity index is 1.76. The Morgan fingerprint density at radius 1 is 1.32 bits per heavy atom. The van der Waals surface area contributed by atoms with Gasteiger partial charge >= 0.3 is 6.03 Å². The second kappa shape index (κ2) is 6.18. The third-order valence-corrected chi connectivity index (χ3v) is 3.99. The van der Waals surface area contributed by atoms with Crippen molar-refractivity contribution in [3.05, 3.63) is 36.2 Å². The molecule has 1 aliphatic carbocycles. The Labute approximate surface area is 131 Å². The van der Waals surface area contributed by atoms with E-state index in [1.807, 2.05) is 40.3 Å². The number of benzene rings is 1. The molecule has 1 aromatic heterocycles. The number of aromatic nitrogens is 3. The Kier molecular flexibility index (Phi) is 4.10. The highest BCUT2D eigenvalue weighted by Crippen LogP contribution is 2.40.